The second-order valence-corrected chi connectivity index (χ2v) is 9.59. The fraction of sp³-hybridized carbons (Fsp3) is 0.292. The van der Waals surface area contributed by atoms with Crippen molar-refractivity contribution in [3.8, 4) is 11.3 Å². The van der Waals surface area contributed by atoms with Gasteiger partial charge in [-0.1, -0.05) is 0 Å². The van der Waals surface area contributed by atoms with Crippen LogP contribution in [0.2, 0.25) is 0 Å². The van der Waals surface area contributed by atoms with Crippen LogP contribution < -0.4 is 10.2 Å². The highest BCUT2D eigenvalue weighted by Crippen LogP contribution is 2.28. The molecule has 0 bridgehead atoms. The van der Waals surface area contributed by atoms with Crippen LogP contribution in [0.15, 0.2) is 48.9 Å². The minimum absolute atomic E-state index is 0.0407. The molecule has 3 heterocycles. The van der Waals surface area contributed by atoms with Gasteiger partial charge in [-0.3, -0.25) is 15.1 Å². The molecule has 2 atom stereocenters. The topological polar surface area (TPSA) is 105 Å². The van der Waals surface area contributed by atoms with Crippen molar-refractivity contribution in [1.29, 1.82) is 0 Å². The molecule has 1 amide bonds. The largest absolute Gasteiger partial charge is 0.451 e. The zero-order valence-corrected chi connectivity index (χ0v) is 20.5. The van der Waals surface area contributed by atoms with Gasteiger partial charge in [-0.2, -0.15) is 21.6 Å². The number of benzene rings is 1. The highest BCUT2D eigenvalue weighted by Gasteiger charge is 2.36. The Morgan fingerprint density at radius 1 is 1.08 bits per heavy atom. The monoisotopic (exact) mass is 553 g/mol. The number of pyridine rings is 1. The Morgan fingerprint density at radius 3 is 2.34 bits per heavy atom. The summed E-state index contributed by atoms with van der Waals surface area (Å²) < 4.78 is 90.5. The Bertz CT molecular complexity index is 1470. The summed E-state index contributed by atoms with van der Waals surface area (Å²) >= 11 is 0. The van der Waals surface area contributed by atoms with Crippen LogP contribution in [0.5, 0.6) is 0 Å². The van der Waals surface area contributed by atoms with E-state index in [4.69, 9.17) is 0 Å². The molecule has 0 unspecified atom stereocenters. The third-order valence-corrected chi connectivity index (χ3v) is 6.79. The van der Waals surface area contributed by atoms with E-state index in [9.17, 15) is 35.2 Å². The average Bonchev–Trinajstić information content (AvgIpc) is 2.88. The molecule has 0 saturated carbocycles. The molecule has 1 fully saturated rings. The minimum atomic E-state index is -4.75. The van der Waals surface area contributed by atoms with Crippen LogP contribution in [0.25, 0.3) is 11.3 Å². The van der Waals surface area contributed by atoms with E-state index < -0.39 is 52.4 Å². The highest BCUT2D eigenvalue weighted by molar-refractivity contribution is 7.73. The summed E-state index contributed by atoms with van der Waals surface area (Å²) in [6, 6.07) is 4.57. The van der Waals surface area contributed by atoms with Gasteiger partial charge in [0.05, 0.1) is 23.3 Å². The lowest BCUT2D eigenvalue weighted by Gasteiger charge is -2.33. The van der Waals surface area contributed by atoms with Gasteiger partial charge in [0.2, 0.25) is 22.0 Å². The Morgan fingerprint density at radius 2 is 1.74 bits per heavy atom. The number of hydrogen-bond donors (Lipinski definition) is 1. The molecule has 0 radical (unpaired) electrons. The first kappa shape index (κ1) is 27.3. The van der Waals surface area contributed by atoms with Crippen molar-refractivity contribution in [1.82, 2.24) is 20.3 Å². The molecule has 4 rings (SSSR count). The number of aromatic nitrogens is 3. The van der Waals surface area contributed by atoms with Crippen molar-refractivity contribution in [2.75, 3.05) is 4.90 Å². The van der Waals surface area contributed by atoms with Gasteiger partial charge in [0.25, 0.3) is 0 Å². The van der Waals surface area contributed by atoms with Crippen molar-refractivity contribution in [2.45, 2.75) is 44.6 Å². The maximum atomic E-state index is 14.9. The van der Waals surface area contributed by atoms with Gasteiger partial charge < -0.3 is 4.90 Å². The van der Waals surface area contributed by atoms with E-state index in [2.05, 4.69) is 20.3 Å². The van der Waals surface area contributed by atoms with E-state index in [0.717, 1.165) is 35.6 Å². The molecule has 2 aromatic heterocycles. The van der Waals surface area contributed by atoms with Gasteiger partial charge in [-0.25, -0.2) is 18.7 Å². The van der Waals surface area contributed by atoms with Gasteiger partial charge in [0, 0.05) is 35.2 Å². The fourth-order valence-electron chi connectivity index (χ4n) is 3.96. The van der Waals surface area contributed by atoms with Gasteiger partial charge in [-0.05, 0) is 50.1 Å². The van der Waals surface area contributed by atoms with Crippen LogP contribution in [-0.2, 0) is 27.8 Å². The number of carbonyl (C=O) groups is 1. The SMILES string of the molecule is C[C@H]1CCC(=S(=O)=O)[C@H](C(=O)N(Cc2cc(-c3cnc(C(F)(F)F)nc3)ncc2F)c2ccc(F)cc2)N1. The van der Waals surface area contributed by atoms with Crippen molar-refractivity contribution in [2.24, 2.45) is 0 Å². The van der Waals surface area contributed by atoms with Crippen LogP contribution in [0.4, 0.5) is 27.6 Å². The zero-order valence-electron chi connectivity index (χ0n) is 19.7. The first-order chi connectivity index (χ1) is 17.9. The number of anilines is 1. The Hall–Kier alpha value is -3.78. The van der Waals surface area contributed by atoms with Crippen molar-refractivity contribution in [3.05, 3.63) is 71.9 Å². The third kappa shape index (κ3) is 6.02. The summed E-state index contributed by atoms with van der Waals surface area (Å²) in [4.78, 5) is 25.1. The lowest BCUT2D eigenvalue weighted by molar-refractivity contribution is -0.145. The van der Waals surface area contributed by atoms with E-state index in [1.165, 1.54) is 18.2 Å². The van der Waals surface area contributed by atoms with E-state index in [0.29, 0.717) is 6.42 Å². The van der Waals surface area contributed by atoms with Gasteiger partial charge in [-0.15, -0.1) is 0 Å². The van der Waals surface area contributed by atoms with E-state index in [1.807, 2.05) is 0 Å². The quantitative estimate of drug-likeness (QED) is 0.381. The second kappa shape index (κ2) is 10.9. The molecular weight excluding hydrogens is 533 g/mol. The average molecular weight is 554 g/mol. The number of rotatable bonds is 5. The minimum Gasteiger partial charge on any atom is -0.306 e. The summed E-state index contributed by atoms with van der Waals surface area (Å²) in [7, 11) is -2.66. The molecule has 200 valence electrons. The summed E-state index contributed by atoms with van der Waals surface area (Å²) in [6.07, 6.45) is -1.49. The number of piperidine rings is 1. The molecule has 1 saturated heterocycles. The van der Waals surface area contributed by atoms with Crippen LogP contribution in [0.3, 0.4) is 0 Å². The van der Waals surface area contributed by atoms with Gasteiger partial charge in [0.1, 0.15) is 17.7 Å². The van der Waals surface area contributed by atoms with Crippen LogP contribution in [-0.4, -0.2) is 46.2 Å². The summed E-state index contributed by atoms with van der Waals surface area (Å²) in [5.74, 6) is -3.48. The standard InChI is InChI=1S/C24H20F5N5O3S/c1-13-2-7-20(38(36)37)21(33-13)22(35)34(17-5-3-16(25)4-6-17)12-14-8-19(30-11-18(14)26)15-9-31-23(32-10-15)24(27,28)29/h3-6,8-11,13,21,33H,2,7,12H2,1H3/t13-,21+/m0/s1. The number of hydrogen-bond acceptors (Lipinski definition) is 7. The highest BCUT2D eigenvalue weighted by atomic mass is 32.2. The molecule has 0 spiro atoms. The molecule has 14 heteroatoms. The van der Waals surface area contributed by atoms with Crippen LogP contribution in [0, 0.1) is 11.6 Å². The number of nitrogens with zero attached hydrogens (tertiary/aromatic N) is 4. The number of halogens is 5. The lowest BCUT2D eigenvalue weighted by atomic mass is 9.98. The molecule has 8 nitrogen and oxygen atoms in total. The fourth-order valence-corrected chi connectivity index (χ4v) is 4.61. The predicted octanol–water partition coefficient (Wildman–Crippen LogP) is 3.56. The predicted molar refractivity (Wildman–Crippen MR) is 127 cm³/mol. The first-order valence-electron chi connectivity index (χ1n) is 11.3. The number of amides is 1. The third-order valence-electron chi connectivity index (χ3n) is 5.93. The van der Waals surface area contributed by atoms with Crippen molar-refractivity contribution in [3.63, 3.8) is 0 Å². The Labute approximate surface area is 215 Å². The molecule has 1 aliphatic heterocycles. The van der Waals surface area contributed by atoms with E-state index in [1.54, 1.807) is 6.92 Å². The molecule has 0 aliphatic carbocycles. The van der Waals surface area contributed by atoms with Crippen molar-refractivity contribution >= 4 is 26.8 Å². The van der Waals surface area contributed by atoms with E-state index in [-0.39, 0.29) is 39.8 Å². The summed E-state index contributed by atoms with van der Waals surface area (Å²) in [6.45, 7) is 1.37. The van der Waals surface area contributed by atoms with Crippen LogP contribution in [0.1, 0.15) is 31.2 Å². The number of alkyl halides is 3. The molecule has 1 N–H and O–H groups in total. The molecule has 1 aliphatic rings. The summed E-state index contributed by atoms with van der Waals surface area (Å²) in [5.41, 5.74) is 0.197. The maximum Gasteiger partial charge on any atom is 0.451 e. The van der Waals surface area contributed by atoms with Crippen LogP contribution >= 0.6 is 0 Å². The Balaban J connectivity index is 1.73. The Kier molecular flexibility index (Phi) is 7.83. The maximum absolute atomic E-state index is 14.9. The molecule has 1 aromatic carbocycles. The molecule has 3 aromatic rings. The van der Waals surface area contributed by atoms with E-state index >= 15 is 0 Å². The number of carbonyl (C=O) groups excluding carboxylic acids is 1. The summed E-state index contributed by atoms with van der Waals surface area (Å²) in [5, 5.41) is 2.95. The normalized spacial score (nSPS) is 17.8. The van der Waals surface area contributed by atoms with Gasteiger partial charge in [0.15, 0.2) is 0 Å². The smallest absolute Gasteiger partial charge is 0.306 e. The number of nitrogens with one attached hydrogen (secondary N) is 1. The lowest BCUT2D eigenvalue weighted by Crippen LogP contribution is -2.56. The molecular formula is C24H20F5N5O3S. The zero-order chi connectivity index (χ0) is 27.6. The van der Waals surface area contributed by atoms with Crippen molar-refractivity contribution < 1.29 is 35.2 Å². The first-order valence-corrected chi connectivity index (χ1v) is 12.3. The second-order valence-electron chi connectivity index (χ2n) is 8.60. The molecule has 38 heavy (non-hydrogen) atoms. The van der Waals surface area contributed by atoms with Gasteiger partial charge >= 0.3 is 6.18 Å².